The number of para-hydroxylation sites is 1. The van der Waals surface area contributed by atoms with E-state index >= 15 is 0 Å². The molecule has 3 amide bonds. The number of carbonyl (C=O) groups excluding carboxylic acids is 2. The van der Waals surface area contributed by atoms with E-state index in [9.17, 15) is 9.59 Å². The monoisotopic (exact) mass is 349 g/mol. The molecule has 5 nitrogen and oxygen atoms in total. The summed E-state index contributed by atoms with van der Waals surface area (Å²) in [5, 5.41) is 3.03. The molecule has 6 heteroatoms. The lowest BCUT2D eigenvalue weighted by Gasteiger charge is -2.23. The maximum Gasteiger partial charge on any atom is 0.321 e. The zero-order chi connectivity index (χ0) is 17.5. The maximum atomic E-state index is 12.6. The molecule has 1 aliphatic rings. The first-order valence-corrected chi connectivity index (χ1v) is 9.50. The number of benzene rings is 1. The summed E-state index contributed by atoms with van der Waals surface area (Å²) in [4.78, 5) is 26.4. The van der Waals surface area contributed by atoms with Gasteiger partial charge in [0, 0.05) is 30.2 Å². The summed E-state index contributed by atoms with van der Waals surface area (Å²) < 4.78 is 0. The Morgan fingerprint density at radius 3 is 2.79 bits per heavy atom. The number of hydrogen-bond donors (Lipinski definition) is 2. The van der Waals surface area contributed by atoms with Gasteiger partial charge in [0.15, 0.2) is 0 Å². The van der Waals surface area contributed by atoms with Gasteiger partial charge in [0.25, 0.3) is 0 Å². The molecule has 1 fully saturated rings. The SMILES string of the molecule is CC1CCN(C(=O)Nc2ccccc2SCCC(N)=O)CC(C)C1. The van der Waals surface area contributed by atoms with Gasteiger partial charge in [-0.05, 0) is 36.8 Å². The second kappa shape index (κ2) is 8.97. The molecule has 0 bridgehead atoms. The van der Waals surface area contributed by atoms with Crippen LogP contribution in [0.4, 0.5) is 10.5 Å². The predicted molar refractivity (Wildman–Crippen MR) is 99.1 cm³/mol. The van der Waals surface area contributed by atoms with E-state index < -0.39 is 0 Å². The van der Waals surface area contributed by atoms with Crippen molar-refractivity contribution in [3.8, 4) is 0 Å². The fraction of sp³-hybridized carbons (Fsp3) is 0.556. The maximum absolute atomic E-state index is 12.6. The Bertz CT molecular complexity index is 579. The lowest BCUT2D eigenvalue weighted by atomic mass is 9.97. The topological polar surface area (TPSA) is 75.4 Å². The van der Waals surface area contributed by atoms with Crippen molar-refractivity contribution in [2.24, 2.45) is 17.6 Å². The molecule has 1 aliphatic heterocycles. The van der Waals surface area contributed by atoms with Crippen LogP contribution in [0.3, 0.4) is 0 Å². The molecule has 1 aromatic rings. The van der Waals surface area contributed by atoms with Crippen molar-refractivity contribution in [2.75, 3.05) is 24.2 Å². The van der Waals surface area contributed by atoms with Crippen molar-refractivity contribution in [3.05, 3.63) is 24.3 Å². The minimum atomic E-state index is -0.309. The van der Waals surface area contributed by atoms with Gasteiger partial charge in [0.2, 0.25) is 5.91 Å². The molecule has 0 spiro atoms. The molecule has 2 atom stereocenters. The number of hydrogen-bond acceptors (Lipinski definition) is 3. The van der Waals surface area contributed by atoms with Crippen LogP contribution in [0, 0.1) is 11.8 Å². The van der Waals surface area contributed by atoms with Crippen LogP contribution >= 0.6 is 11.8 Å². The Balaban J connectivity index is 1.99. The van der Waals surface area contributed by atoms with Crippen molar-refractivity contribution in [1.82, 2.24) is 4.90 Å². The largest absolute Gasteiger partial charge is 0.370 e. The van der Waals surface area contributed by atoms with Crippen molar-refractivity contribution >= 4 is 29.4 Å². The second-order valence-corrected chi connectivity index (χ2v) is 7.81. The number of likely N-dealkylation sites (tertiary alicyclic amines) is 1. The Morgan fingerprint density at radius 1 is 1.29 bits per heavy atom. The standard InChI is InChI=1S/C18H27N3O2S/c1-13-7-9-21(12-14(2)11-13)18(23)20-15-5-3-4-6-16(15)24-10-8-17(19)22/h3-6,13-14H,7-12H2,1-2H3,(H2,19,22)(H,20,23). The van der Waals surface area contributed by atoms with Crippen LogP contribution < -0.4 is 11.1 Å². The number of carbonyl (C=O) groups is 2. The van der Waals surface area contributed by atoms with Crippen molar-refractivity contribution in [3.63, 3.8) is 0 Å². The van der Waals surface area contributed by atoms with E-state index in [2.05, 4.69) is 19.2 Å². The van der Waals surface area contributed by atoms with E-state index in [1.54, 1.807) is 0 Å². The first-order chi connectivity index (χ1) is 11.5. The van der Waals surface area contributed by atoms with Crippen LogP contribution in [0.5, 0.6) is 0 Å². The third-order valence-electron chi connectivity index (χ3n) is 4.25. The zero-order valence-electron chi connectivity index (χ0n) is 14.5. The molecular formula is C18H27N3O2S. The lowest BCUT2D eigenvalue weighted by molar-refractivity contribution is -0.117. The highest BCUT2D eigenvalue weighted by molar-refractivity contribution is 7.99. The van der Waals surface area contributed by atoms with Gasteiger partial charge < -0.3 is 16.0 Å². The average Bonchev–Trinajstić information content (AvgIpc) is 2.69. The van der Waals surface area contributed by atoms with E-state index in [1.165, 1.54) is 18.2 Å². The number of nitrogens with zero attached hydrogens (tertiary/aromatic N) is 1. The fourth-order valence-electron chi connectivity index (χ4n) is 3.06. The second-order valence-electron chi connectivity index (χ2n) is 6.67. The van der Waals surface area contributed by atoms with Crippen LogP contribution in [0.25, 0.3) is 0 Å². The van der Waals surface area contributed by atoms with Gasteiger partial charge in [0.1, 0.15) is 0 Å². The molecule has 0 aromatic heterocycles. The Kier molecular flexibility index (Phi) is 6.97. The summed E-state index contributed by atoms with van der Waals surface area (Å²) in [5.41, 5.74) is 5.98. The van der Waals surface area contributed by atoms with Crippen LogP contribution in [0.1, 0.15) is 33.1 Å². The first-order valence-electron chi connectivity index (χ1n) is 8.51. The average molecular weight is 350 g/mol. The summed E-state index contributed by atoms with van der Waals surface area (Å²) in [5.74, 6) is 1.49. The minimum absolute atomic E-state index is 0.0427. The van der Waals surface area contributed by atoms with Gasteiger partial charge >= 0.3 is 6.03 Å². The molecule has 24 heavy (non-hydrogen) atoms. The predicted octanol–water partition coefficient (Wildman–Crippen LogP) is 3.55. The van der Waals surface area contributed by atoms with E-state index in [1.807, 2.05) is 29.2 Å². The molecule has 0 radical (unpaired) electrons. The highest BCUT2D eigenvalue weighted by Crippen LogP contribution is 2.28. The molecule has 1 aromatic carbocycles. The van der Waals surface area contributed by atoms with E-state index in [4.69, 9.17) is 5.73 Å². The molecule has 2 unspecified atom stereocenters. The molecule has 3 N–H and O–H groups in total. The summed E-state index contributed by atoms with van der Waals surface area (Å²) in [6, 6.07) is 7.64. The van der Waals surface area contributed by atoms with Crippen molar-refractivity contribution in [1.29, 1.82) is 0 Å². The Hall–Kier alpha value is -1.69. The molecule has 0 aliphatic carbocycles. The summed E-state index contributed by atoms with van der Waals surface area (Å²) >= 11 is 1.53. The van der Waals surface area contributed by atoms with E-state index in [0.717, 1.165) is 30.1 Å². The van der Waals surface area contributed by atoms with E-state index in [-0.39, 0.29) is 11.9 Å². The number of anilines is 1. The lowest BCUT2D eigenvalue weighted by Crippen LogP contribution is -2.37. The van der Waals surface area contributed by atoms with Gasteiger partial charge in [0.05, 0.1) is 5.69 Å². The van der Waals surface area contributed by atoms with Crippen LogP contribution in [0.15, 0.2) is 29.2 Å². The van der Waals surface area contributed by atoms with Gasteiger partial charge in [-0.3, -0.25) is 4.79 Å². The van der Waals surface area contributed by atoms with Crippen LogP contribution in [-0.4, -0.2) is 35.7 Å². The highest BCUT2D eigenvalue weighted by atomic mass is 32.2. The Labute approximate surface area is 148 Å². The summed E-state index contributed by atoms with van der Waals surface area (Å²) in [7, 11) is 0. The third-order valence-corrected chi connectivity index (χ3v) is 5.33. The molecule has 132 valence electrons. The minimum Gasteiger partial charge on any atom is -0.370 e. The smallest absolute Gasteiger partial charge is 0.321 e. The van der Waals surface area contributed by atoms with Gasteiger partial charge in [-0.25, -0.2) is 4.79 Å². The molecule has 0 saturated carbocycles. The highest BCUT2D eigenvalue weighted by Gasteiger charge is 2.23. The van der Waals surface area contributed by atoms with Gasteiger partial charge in [-0.1, -0.05) is 26.0 Å². The number of urea groups is 1. The number of rotatable bonds is 5. The summed E-state index contributed by atoms with van der Waals surface area (Å²) in [6.45, 7) is 6.06. The third kappa shape index (κ3) is 5.74. The van der Waals surface area contributed by atoms with Gasteiger partial charge in [-0.2, -0.15) is 0 Å². The molecule has 1 heterocycles. The number of amides is 3. The van der Waals surface area contributed by atoms with Crippen molar-refractivity contribution < 1.29 is 9.59 Å². The quantitative estimate of drug-likeness (QED) is 0.798. The number of nitrogens with two attached hydrogens (primary N) is 1. The number of thioether (sulfide) groups is 1. The van der Waals surface area contributed by atoms with Gasteiger partial charge in [-0.15, -0.1) is 11.8 Å². The first kappa shape index (κ1) is 18.6. The summed E-state index contributed by atoms with van der Waals surface area (Å²) in [6.07, 6.45) is 2.55. The Morgan fingerprint density at radius 2 is 2.04 bits per heavy atom. The molecule has 1 saturated heterocycles. The zero-order valence-corrected chi connectivity index (χ0v) is 15.3. The molecule has 2 rings (SSSR count). The van der Waals surface area contributed by atoms with Crippen LogP contribution in [0.2, 0.25) is 0 Å². The van der Waals surface area contributed by atoms with Crippen LogP contribution in [-0.2, 0) is 4.79 Å². The number of nitrogens with one attached hydrogen (secondary N) is 1. The normalized spacial score (nSPS) is 21.2. The van der Waals surface area contributed by atoms with Crippen molar-refractivity contribution in [2.45, 2.75) is 38.0 Å². The fourth-order valence-corrected chi connectivity index (χ4v) is 4.03. The van der Waals surface area contributed by atoms with E-state index in [0.29, 0.717) is 24.0 Å². The number of primary amides is 1. The molecular weight excluding hydrogens is 322 g/mol.